The highest BCUT2D eigenvalue weighted by molar-refractivity contribution is 5.86. The van der Waals surface area contributed by atoms with Crippen molar-refractivity contribution in [3.05, 3.63) is 49.1 Å². The Morgan fingerprint density at radius 1 is 0.968 bits per heavy atom. The van der Waals surface area contributed by atoms with Gasteiger partial charge >= 0.3 is 6.36 Å². The van der Waals surface area contributed by atoms with Gasteiger partial charge in [0.05, 0.1) is 28.9 Å². The summed E-state index contributed by atoms with van der Waals surface area (Å²) in [6.45, 7) is 0. The predicted octanol–water partition coefficient (Wildman–Crippen LogP) is 4.60. The summed E-state index contributed by atoms with van der Waals surface area (Å²) < 4.78 is 43.0. The molecule has 0 unspecified atom stereocenters. The minimum Gasteiger partial charge on any atom is -0.350 e. The van der Waals surface area contributed by atoms with Crippen molar-refractivity contribution in [2.45, 2.75) is 44.2 Å². The molecule has 5 rings (SSSR count). The third kappa shape index (κ3) is 4.29. The van der Waals surface area contributed by atoms with E-state index in [1.807, 2.05) is 30.5 Å². The van der Waals surface area contributed by atoms with Gasteiger partial charge < -0.3 is 5.32 Å². The molecule has 0 bridgehead atoms. The van der Waals surface area contributed by atoms with Crippen LogP contribution in [0, 0.1) is 0 Å². The second-order valence-corrected chi connectivity index (χ2v) is 7.58. The summed E-state index contributed by atoms with van der Waals surface area (Å²) in [5.74, 6) is 0.444. The Bertz CT molecular complexity index is 1220. The van der Waals surface area contributed by atoms with Gasteiger partial charge in [0.15, 0.2) is 0 Å². The van der Waals surface area contributed by atoms with Gasteiger partial charge in [0, 0.05) is 30.2 Å². The first-order valence-corrected chi connectivity index (χ1v) is 10.0. The number of rotatable bonds is 4. The van der Waals surface area contributed by atoms with E-state index in [9.17, 15) is 13.2 Å². The van der Waals surface area contributed by atoms with Gasteiger partial charge in [0.2, 0.25) is 5.95 Å². The van der Waals surface area contributed by atoms with Crippen LogP contribution in [0.1, 0.15) is 25.7 Å². The predicted molar refractivity (Wildman–Crippen MR) is 108 cm³/mol. The van der Waals surface area contributed by atoms with Crippen LogP contribution >= 0.6 is 0 Å². The van der Waals surface area contributed by atoms with E-state index in [2.05, 4.69) is 30.1 Å². The van der Waals surface area contributed by atoms with Crippen LogP contribution in [-0.2, 0) is 4.74 Å². The fraction of sp³-hybridized carbons (Fsp3) is 0.333. The molecular weight excluding hydrogens is 409 g/mol. The fourth-order valence-corrected chi connectivity index (χ4v) is 4.04. The number of anilines is 1. The van der Waals surface area contributed by atoms with Crippen LogP contribution in [0.2, 0.25) is 0 Å². The zero-order chi connectivity index (χ0) is 21.4. The molecule has 1 aliphatic rings. The molecule has 160 valence electrons. The minimum absolute atomic E-state index is 0.0135. The van der Waals surface area contributed by atoms with Crippen molar-refractivity contribution >= 4 is 22.5 Å². The van der Waals surface area contributed by atoms with E-state index in [4.69, 9.17) is 0 Å². The number of benzene rings is 1. The van der Waals surface area contributed by atoms with Crippen molar-refractivity contribution in [2.75, 3.05) is 5.32 Å². The quantitative estimate of drug-likeness (QED) is 0.512. The van der Waals surface area contributed by atoms with Gasteiger partial charge in [-0.15, -0.1) is 18.3 Å². The Morgan fingerprint density at radius 3 is 2.52 bits per heavy atom. The number of fused-ring (bicyclic) bond motifs is 2. The Labute approximate surface area is 175 Å². The molecule has 3 aromatic heterocycles. The highest BCUT2D eigenvalue weighted by Gasteiger charge is 2.35. The molecule has 3 heterocycles. The number of ether oxygens (including phenoxy) is 1. The fourth-order valence-electron chi connectivity index (χ4n) is 4.04. The summed E-state index contributed by atoms with van der Waals surface area (Å²) in [4.78, 5) is 13.1. The standard InChI is InChI=1S/C21H19F3N6O/c22-21(23,24)31-15-4-2-14(3-5-15)28-20-27-12-19-16(7-10-30(19)29-20)13-1-6-17-18(11-13)26-9-8-25-17/h1,6-12,14-15H,2-5H2,(H,28,29)/t14-,15+. The van der Waals surface area contributed by atoms with Gasteiger partial charge in [-0.2, -0.15) is 0 Å². The van der Waals surface area contributed by atoms with E-state index in [1.165, 1.54) is 0 Å². The van der Waals surface area contributed by atoms with Gasteiger partial charge in [-0.05, 0) is 49.4 Å². The summed E-state index contributed by atoms with van der Waals surface area (Å²) in [6, 6.07) is 7.87. The van der Waals surface area contributed by atoms with Crippen LogP contribution in [0.5, 0.6) is 0 Å². The second-order valence-electron chi connectivity index (χ2n) is 7.58. The highest BCUT2D eigenvalue weighted by atomic mass is 19.4. The van der Waals surface area contributed by atoms with Crippen molar-refractivity contribution in [2.24, 2.45) is 0 Å². The molecule has 1 fully saturated rings. The van der Waals surface area contributed by atoms with Crippen LogP contribution in [0.25, 0.3) is 27.7 Å². The van der Waals surface area contributed by atoms with Gasteiger partial charge in [-0.1, -0.05) is 6.07 Å². The largest absolute Gasteiger partial charge is 0.522 e. The topological polar surface area (TPSA) is 77.2 Å². The number of aromatic nitrogens is 5. The van der Waals surface area contributed by atoms with Crippen LogP contribution in [0.15, 0.2) is 49.1 Å². The molecule has 31 heavy (non-hydrogen) atoms. The average Bonchev–Trinajstić information content (AvgIpc) is 3.17. The van der Waals surface area contributed by atoms with Gasteiger partial charge in [-0.3, -0.25) is 14.7 Å². The molecule has 0 atom stereocenters. The van der Waals surface area contributed by atoms with Gasteiger partial charge in [0.1, 0.15) is 0 Å². The highest BCUT2D eigenvalue weighted by Crippen LogP contribution is 2.30. The molecule has 1 aliphatic carbocycles. The molecule has 0 radical (unpaired) electrons. The second kappa shape index (κ2) is 7.77. The van der Waals surface area contributed by atoms with E-state index < -0.39 is 12.5 Å². The third-order valence-corrected chi connectivity index (χ3v) is 5.50. The number of nitrogens with zero attached hydrogens (tertiary/aromatic N) is 5. The lowest BCUT2D eigenvalue weighted by atomic mass is 9.93. The molecule has 0 saturated heterocycles. The maximum absolute atomic E-state index is 12.4. The number of alkyl halides is 3. The number of halogens is 3. The summed E-state index contributed by atoms with van der Waals surface area (Å²) in [7, 11) is 0. The SMILES string of the molecule is FC(F)(F)O[C@H]1CC[C@@H](Nc2ncc3c(-c4ccc5nccnc5c4)ccn3n2)CC1. The average molecular weight is 428 g/mol. The van der Waals surface area contributed by atoms with Crippen molar-refractivity contribution in [1.29, 1.82) is 0 Å². The Hall–Kier alpha value is -3.27. The maximum Gasteiger partial charge on any atom is 0.522 e. The van der Waals surface area contributed by atoms with Crippen LogP contribution in [0.4, 0.5) is 19.1 Å². The van der Waals surface area contributed by atoms with Crippen LogP contribution < -0.4 is 5.32 Å². The van der Waals surface area contributed by atoms with Crippen molar-refractivity contribution in [1.82, 2.24) is 24.6 Å². The molecule has 0 aliphatic heterocycles. The lowest BCUT2D eigenvalue weighted by Crippen LogP contribution is -2.33. The van der Waals surface area contributed by atoms with Crippen LogP contribution in [-0.4, -0.2) is 43.1 Å². The van der Waals surface area contributed by atoms with E-state index >= 15 is 0 Å². The van der Waals surface area contributed by atoms with Gasteiger partial charge in [0.25, 0.3) is 0 Å². The Balaban J connectivity index is 1.30. The molecule has 10 heteroatoms. The van der Waals surface area contributed by atoms with E-state index in [-0.39, 0.29) is 6.04 Å². The molecular formula is C21H19F3N6O. The molecule has 0 spiro atoms. The molecule has 0 amide bonds. The van der Waals surface area contributed by atoms with Gasteiger partial charge in [-0.25, -0.2) is 9.50 Å². The Kier molecular flexibility index (Phi) is 4.93. The van der Waals surface area contributed by atoms with Crippen molar-refractivity contribution < 1.29 is 17.9 Å². The monoisotopic (exact) mass is 428 g/mol. The summed E-state index contributed by atoms with van der Waals surface area (Å²) in [5, 5.41) is 7.74. The maximum atomic E-state index is 12.4. The molecule has 1 aromatic carbocycles. The van der Waals surface area contributed by atoms with E-state index in [0.717, 1.165) is 27.7 Å². The number of hydrogen-bond acceptors (Lipinski definition) is 6. The first-order chi connectivity index (χ1) is 14.9. The zero-order valence-corrected chi connectivity index (χ0v) is 16.4. The first kappa shape index (κ1) is 19.7. The molecule has 1 N–H and O–H groups in total. The van der Waals surface area contributed by atoms with Crippen molar-refractivity contribution in [3.63, 3.8) is 0 Å². The summed E-state index contributed by atoms with van der Waals surface area (Å²) in [6.07, 6.45) is 3.38. The third-order valence-electron chi connectivity index (χ3n) is 5.50. The minimum atomic E-state index is -4.58. The molecule has 7 nitrogen and oxygen atoms in total. The van der Waals surface area contributed by atoms with Crippen LogP contribution in [0.3, 0.4) is 0 Å². The number of hydrogen-bond donors (Lipinski definition) is 1. The number of nitrogens with one attached hydrogen (secondary N) is 1. The lowest BCUT2D eigenvalue weighted by Gasteiger charge is -2.29. The van der Waals surface area contributed by atoms with Crippen molar-refractivity contribution in [3.8, 4) is 11.1 Å². The van der Waals surface area contributed by atoms with E-state index in [1.54, 1.807) is 23.1 Å². The Morgan fingerprint density at radius 2 is 1.74 bits per heavy atom. The zero-order valence-electron chi connectivity index (χ0n) is 16.4. The normalized spacial score (nSPS) is 19.7. The van der Waals surface area contributed by atoms with E-state index in [0.29, 0.717) is 31.6 Å². The smallest absolute Gasteiger partial charge is 0.350 e. The summed E-state index contributed by atoms with van der Waals surface area (Å²) in [5.41, 5.74) is 4.44. The molecule has 1 saturated carbocycles. The first-order valence-electron chi connectivity index (χ1n) is 10.0. The molecule has 4 aromatic rings. The summed E-state index contributed by atoms with van der Waals surface area (Å²) >= 11 is 0. The lowest BCUT2D eigenvalue weighted by molar-refractivity contribution is -0.345.